The minimum absolute atomic E-state index is 0.0161. The number of hydrogen-bond donors (Lipinski definition) is 2. The van der Waals surface area contributed by atoms with Crippen LogP contribution in [0.3, 0.4) is 0 Å². The third-order valence-electron chi connectivity index (χ3n) is 2.78. The molecule has 0 fully saturated rings. The van der Waals surface area contributed by atoms with Gasteiger partial charge in [0.15, 0.2) is 0 Å². The maximum atomic E-state index is 11.6. The Morgan fingerprint density at radius 1 is 1.47 bits per heavy atom. The number of benzene rings is 1. The molecule has 0 unspecified atom stereocenters. The summed E-state index contributed by atoms with van der Waals surface area (Å²) in [6.45, 7) is 0.458. The van der Waals surface area contributed by atoms with Crippen molar-refractivity contribution < 1.29 is 9.53 Å². The van der Waals surface area contributed by atoms with Gasteiger partial charge < -0.3 is 10.1 Å². The standard InChI is InChI=1S/C12H12N4O2S/c17-11(15-12-16-14-7-19-12)13-6-9-5-8-3-1-2-4-10(8)18-9/h1-4,7,9H,5-6H2,(H2,13,15,16,17)/t9-/m0/s1. The van der Waals surface area contributed by atoms with Gasteiger partial charge in [-0.2, -0.15) is 0 Å². The molecule has 7 heteroatoms. The maximum absolute atomic E-state index is 11.6. The van der Waals surface area contributed by atoms with Gasteiger partial charge in [0, 0.05) is 6.42 Å². The van der Waals surface area contributed by atoms with E-state index in [0.717, 1.165) is 12.2 Å². The van der Waals surface area contributed by atoms with Crippen LogP contribution in [0.4, 0.5) is 9.93 Å². The van der Waals surface area contributed by atoms with Gasteiger partial charge in [0.25, 0.3) is 0 Å². The van der Waals surface area contributed by atoms with Crippen molar-refractivity contribution in [2.75, 3.05) is 11.9 Å². The summed E-state index contributed by atoms with van der Waals surface area (Å²) in [5.74, 6) is 0.902. The number of amides is 2. The Bertz CT molecular complexity index is 548. The van der Waals surface area contributed by atoms with E-state index in [1.807, 2.05) is 24.3 Å². The van der Waals surface area contributed by atoms with Crippen LogP contribution in [0, 0.1) is 0 Å². The molecule has 1 aliphatic rings. The van der Waals surface area contributed by atoms with Crippen LogP contribution in [0.15, 0.2) is 29.8 Å². The van der Waals surface area contributed by atoms with Crippen molar-refractivity contribution in [1.29, 1.82) is 0 Å². The highest BCUT2D eigenvalue weighted by atomic mass is 32.1. The van der Waals surface area contributed by atoms with Crippen molar-refractivity contribution in [1.82, 2.24) is 15.5 Å². The molecule has 2 amide bonds. The Kier molecular flexibility index (Phi) is 3.28. The summed E-state index contributed by atoms with van der Waals surface area (Å²) in [5.41, 5.74) is 2.74. The fourth-order valence-electron chi connectivity index (χ4n) is 1.94. The second kappa shape index (κ2) is 5.23. The lowest BCUT2D eigenvalue weighted by Crippen LogP contribution is -2.37. The molecule has 0 spiro atoms. The average molecular weight is 276 g/mol. The average Bonchev–Trinajstić information content (AvgIpc) is 3.04. The van der Waals surface area contributed by atoms with Gasteiger partial charge in [-0.1, -0.05) is 29.5 Å². The highest BCUT2D eigenvalue weighted by molar-refractivity contribution is 7.13. The van der Waals surface area contributed by atoms with Crippen LogP contribution in [0.5, 0.6) is 5.75 Å². The number of para-hydroxylation sites is 1. The van der Waals surface area contributed by atoms with Crippen molar-refractivity contribution in [3.63, 3.8) is 0 Å². The molecular formula is C12H12N4O2S. The van der Waals surface area contributed by atoms with Crippen molar-refractivity contribution >= 4 is 22.5 Å². The molecular weight excluding hydrogens is 264 g/mol. The number of aromatic nitrogens is 2. The number of hydrogen-bond acceptors (Lipinski definition) is 5. The van der Waals surface area contributed by atoms with E-state index in [1.54, 1.807) is 5.51 Å². The molecule has 0 saturated heterocycles. The predicted molar refractivity (Wildman–Crippen MR) is 71.5 cm³/mol. The summed E-state index contributed by atoms with van der Waals surface area (Å²) in [6.07, 6.45) is 0.799. The molecule has 3 rings (SSSR count). The maximum Gasteiger partial charge on any atom is 0.321 e. The number of fused-ring (bicyclic) bond motifs is 1. The molecule has 0 bridgehead atoms. The minimum atomic E-state index is -0.295. The quantitative estimate of drug-likeness (QED) is 0.894. The van der Waals surface area contributed by atoms with E-state index in [0.29, 0.717) is 11.7 Å². The first-order valence-corrected chi connectivity index (χ1v) is 6.75. The number of carbonyl (C=O) groups is 1. The zero-order valence-electron chi connectivity index (χ0n) is 10.00. The topological polar surface area (TPSA) is 76.1 Å². The monoisotopic (exact) mass is 276 g/mol. The predicted octanol–water partition coefficient (Wildman–Crippen LogP) is 1.66. The van der Waals surface area contributed by atoms with Gasteiger partial charge in [-0.05, 0) is 11.6 Å². The number of nitrogens with one attached hydrogen (secondary N) is 2. The fraction of sp³-hybridized carbons (Fsp3) is 0.250. The second-order valence-corrected chi connectivity index (χ2v) is 4.96. The molecule has 1 aromatic heterocycles. The Morgan fingerprint density at radius 2 is 2.37 bits per heavy atom. The number of rotatable bonds is 3. The van der Waals surface area contributed by atoms with Crippen LogP contribution in [0.25, 0.3) is 0 Å². The van der Waals surface area contributed by atoms with Crippen LogP contribution in [0.2, 0.25) is 0 Å². The van der Waals surface area contributed by atoms with Crippen LogP contribution >= 0.6 is 11.3 Å². The van der Waals surface area contributed by atoms with Crippen LogP contribution in [-0.4, -0.2) is 28.9 Å². The lowest BCUT2D eigenvalue weighted by Gasteiger charge is -2.11. The van der Waals surface area contributed by atoms with Crippen molar-refractivity contribution in [3.8, 4) is 5.75 Å². The molecule has 1 aliphatic heterocycles. The number of carbonyl (C=O) groups excluding carboxylic acids is 1. The molecule has 6 nitrogen and oxygen atoms in total. The minimum Gasteiger partial charge on any atom is -0.488 e. The Labute approximate surface area is 113 Å². The number of anilines is 1. The van der Waals surface area contributed by atoms with Gasteiger partial charge in [-0.3, -0.25) is 5.32 Å². The first kappa shape index (κ1) is 11.9. The molecule has 19 heavy (non-hydrogen) atoms. The third-order valence-corrected chi connectivity index (χ3v) is 3.39. The number of ether oxygens (including phenoxy) is 1. The summed E-state index contributed by atoms with van der Waals surface area (Å²) < 4.78 is 5.72. The molecule has 2 aromatic rings. The molecule has 0 saturated carbocycles. The Morgan fingerprint density at radius 3 is 3.16 bits per heavy atom. The lowest BCUT2D eigenvalue weighted by atomic mass is 10.1. The molecule has 98 valence electrons. The number of nitrogens with zero attached hydrogens (tertiary/aromatic N) is 2. The van der Waals surface area contributed by atoms with Gasteiger partial charge >= 0.3 is 6.03 Å². The summed E-state index contributed by atoms with van der Waals surface area (Å²) >= 11 is 1.27. The highest BCUT2D eigenvalue weighted by Gasteiger charge is 2.22. The summed E-state index contributed by atoms with van der Waals surface area (Å²) in [6, 6.07) is 7.61. The Balaban J connectivity index is 1.48. The molecule has 0 radical (unpaired) electrons. The van der Waals surface area contributed by atoms with Gasteiger partial charge in [0.05, 0.1) is 6.54 Å². The van der Waals surface area contributed by atoms with Gasteiger partial charge in [0.2, 0.25) is 5.13 Å². The van der Waals surface area contributed by atoms with E-state index in [1.165, 1.54) is 16.9 Å². The van der Waals surface area contributed by atoms with E-state index < -0.39 is 0 Å². The first-order chi connectivity index (χ1) is 9.31. The van der Waals surface area contributed by atoms with E-state index in [-0.39, 0.29) is 12.1 Å². The second-order valence-electron chi connectivity index (χ2n) is 4.13. The Hall–Kier alpha value is -2.15. The van der Waals surface area contributed by atoms with Crippen LogP contribution < -0.4 is 15.4 Å². The summed E-state index contributed by atoms with van der Waals surface area (Å²) in [7, 11) is 0. The van der Waals surface area contributed by atoms with Gasteiger partial charge in [-0.25, -0.2) is 4.79 Å². The van der Waals surface area contributed by atoms with E-state index in [4.69, 9.17) is 4.74 Å². The van der Waals surface area contributed by atoms with Crippen molar-refractivity contribution in [3.05, 3.63) is 35.3 Å². The summed E-state index contributed by atoms with van der Waals surface area (Å²) in [5, 5.41) is 13.2. The largest absolute Gasteiger partial charge is 0.488 e. The van der Waals surface area contributed by atoms with E-state index >= 15 is 0 Å². The van der Waals surface area contributed by atoms with Crippen molar-refractivity contribution in [2.45, 2.75) is 12.5 Å². The highest BCUT2D eigenvalue weighted by Crippen LogP contribution is 2.27. The molecule has 1 aromatic carbocycles. The van der Waals surface area contributed by atoms with Crippen LogP contribution in [0.1, 0.15) is 5.56 Å². The summed E-state index contributed by atoms with van der Waals surface area (Å²) in [4.78, 5) is 11.6. The molecule has 2 heterocycles. The van der Waals surface area contributed by atoms with E-state index in [9.17, 15) is 4.79 Å². The lowest BCUT2D eigenvalue weighted by molar-refractivity contribution is 0.219. The van der Waals surface area contributed by atoms with Gasteiger partial charge in [-0.15, -0.1) is 10.2 Å². The zero-order valence-corrected chi connectivity index (χ0v) is 10.8. The van der Waals surface area contributed by atoms with E-state index in [2.05, 4.69) is 20.8 Å². The molecule has 1 atom stereocenters. The fourth-order valence-corrected chi connectivity index (χ4v) is 2.38. The zero-order chi connectivity index (χ0) is 13.1. The molecule has 0 aliphatic carbocycles. The first-order valence-electron chi connectivity index (χ1n) is 5.87. The smallest absolute Gasteiger partial charge is 0.321 e. The van der Waals surface area contributed by atoms with Crippen LogP contribution in [-0.2, 0) is 6.42 Å². The van der Waals surface area contributed by atoms with Crippen molar-refractivity contribution in [2.24, 2.45) is 0 Å². The normalized spacial score (nSPS) is 16.5. The SMILES string of the molecule is O=C(NC[C@@H]1Cc2ccccc2O1)Nc1nncs1. The molecule has 2 N–H and O–H groups in total. The number of urea groups is 1. The third kappa shape index (κ3) is 2.82. The van der Waals surface area contributed by atoms with Gasteiger partial charge in [0.1, 0.15) is 17.4 Å².